The van der Waals surface area contributed by atoms with Crippen LogP contribution in [-0.4, -0.2) is 202 Å². The Hall–Kier alpha value is -1.02. The van der Waals surface area contributed by atoms with E-state index in [2.05, 4.69) is 26.8 Å². The fraction of sp³-hybridized carbons (Fsp3) is 0.958. The average molecular weight is 963 g/mol. The first-order valence-electron chi connectivity index (χ1n) is 24.5. The molecule has 388 valence electrons. The predicted octanol–water partition coefficient (Wildman–Crippen LogP) is -1.20. The highest BCUT2D eigenvalue weighted by atomic mass is 16.8. The van der Waals surface area contributed by atoms with Crippen LogP contribution in [0.15, 0.2) is 11.6 Å². The summed E-state index contributed by atoms with van der Waals surface area (Å²) in [6.07, 6.45) is -20.5. The number of rotatable bonds is 13. The summed E-state index contributed by atoms with van der Waals surface area (Å²) in [5.74, 6) is -1.33. The Balaban J connectivity index is 1.26. The van der Waals surface area contributed by atoms with Crippen LogP contribution in [-0.2, 0) is 28.4 Å². The smallest absolute Gasteiger partial charge is 0.187 e. The molecule has 27 atom stereocenters. The highest BCUT2D eigenvalue weighted by molar-refractivity contribution is 5.19. The van der Waals surface area contributed by atoms with Crippen molar-refractivity contribution >= 4 is 0 Å². The Morgan fingerprint density at radius 3 is 1.76 bits per heavy atom. The number of allylic oxidation sites excluding steroid dienone is 2. The molecule has 3 saturated heterocycles. The first-order valence-corrected chi connectivity index (χ1v) is 24.5. The SMILES string of the molecule is CC(C)=CCC[C@](C)(O[C@@H]1O[C@H](CO)[C@@H](O)[C@H](O)[C@H]1O)C1CC(C)[C@]2(C)C3C[C@@H](O[C@@H]4O[C@H](CO)[C@@H](O)[C@H](O)[C@H]4O[C@@H]4O[C@H](CO)[C@@H](O)[C@H](O)[C@H]4O)C4C(C)(C)C(O)CC[C@]4(C)C3C[C@H](O)C12. The van der Waals surface area contributed by atoms with Gasteiger partial charge >= 0.3 is 0 Å². The molecule has 4 aliphatic carbocycles. The van der Waals surface area contributed by atoms with E-state index in [0.29, 0.717) is 44.9 Å². The number of hydrogen-bond acceptors (Lipinski definition) is 19. The van der Waals surface area contributed by atoms with Crippen molar-refractivity contribution in [3.05, 3.63) is 11.6 Å². The zero-order chi connectivity index (χ0) is 49.5. The third-order valence-corrected chi connectivity index (χ3v) is 18.5. The van der Waals surface area contributed by atoms with Crippen LogP contribution in [0.2, 0.25) is 0 Å². The van der Waals surface area contributed by atoms with E-state index >= 15 is 0 Å². The van der Waals surface area contributed by atoms with Gasteiger partial charge in [0, 0.05) is 0 Å². The minimum Gasteiger partial charge on any atom is -0.394 e. The Kier molecular flexibility index (Phi) is 16.1. The summed E-state index contributed by atoms with van der Waals surface area (Å²) in [7, 11) is 0. The molecule has 67 heavy (non-hydrogen) atoms. The van der Waals surface area contributed by atoms with Crippen molar-refractivity contribution in [1.29, 1.82) is 0 Å². The van der Waals surface area contributed by atoms with E-state index in [0.717, 1.165) is 5.57 Å². The number of fused-ring (bicyclic) bond motifs is 5. The summed E-state index contributed by atoms with van der Waals surface area (Å²) in [5, 5.41) is 142. The monoisotopic (exact) mass is 963 g/mol. The molecule has 19 heteroatoms. The van der Waals surface area contributed by atoms with Gasteiger partial charge in [0.15, 0.2) is 18.9 Å². The Morgan fingerprint density at radius 2 is 1.19 bits per heavy atom. The molecule has 3 heterocycles. The molecule has 0 aromatic heterocycles. The largest absolute Gasteiger partial charge is 0.394 e. The van der Waals surface area contributed by atoms with Crippen molar-refractivity contribution in [1.82, 2.24) is 0 Å². The van der Waals surface area contributed by atoms with Crippen LogP contribution >= 0.6 is 0 Å². The van der Waals surface area contributed by atoms with Crippen LogP contribution in [0.1, 0.15) is 100 Å². The summed E-state index contributed by atoms with van der Waals surface area (Å²) in [4.78, 5) is 0. The molecule has 7 unspecified atom stereocenters. The van der Waals surface area contributed by atoms with Gasteiger partial charge in [-0.2, -0.15) is 0 Å². The third kappa shape index (κ3) is 9.24. The molecule has 19 nitrogen and oxygen atoms in total. The molecule has 0 amide bonds. The van der Waals surface area contributed by atoms with Gasteiger partial charge in [0.1, 0.15) is 73.2 Å². The second-order valence-electron chi connectivity index (χ2n) is 22.9. The van der Waals surface area contributed by atoms with Crippen molar-refractivity contribution in [2.45, 2.75) is 216 Å². The highest BCUT2D eigenvalue weighted by Gasteiger charge is 2.71. The number of aliphatic hydroxyl groups is 13. The van der Waals surface area contributed by atoms with E-state index in [1.165, 1.54) is 0 Å². The van der Waals surface area contributed by atoms with Gasteiger partial charge in [0.05, 0.1) is 43.7 Å². The van der Waals surface area contributed by atoms with Crippen molar-refractivity contribution in [3.8, 4) is 0 Å². The zero-order valence-electron chi connectivity index (χ0n) is 40.3. The van der Waals surface area contributed by atoms with Gasteiger partial charge in [-0.15, -0.1) is 0 Å². The third-order valence-electron chi connectivity index (χ3n) is 18.5. The van der Waals surface area contributed by atoms with E-state index in [9.17, 15) is 66.4 Å². The van der Waals surface area contributed by atoms with E-state index < -0.39 is 152 Å². The molecule has 7 fully saturated rings. The van der Waals surface area contributed by atoms with Crippen molar-refractivity contribution < 1.29 is 94.8 Å². The second-order valence-corrected chi connectivity index (χ2v) is 22.9. The van der Waals surface area contributed by atoms with Crippen molar-refractivity contribution in [2.75, 3.05) is 19.8 Å². The summed E-state index contributed by atoms with van der Waals surface area (Å²) < 4.78 is 37.8. The molecule has 0 spiro atoms. The quantitative estimate of drug-likeness (QED) is 0.0762. The summed E-state index contributed by atoms with van der Waals surface area (Å²) in [5.41, 5.74) is -1.90. The van der Waals surface area contributed by atoms with Gasteiger partial charge in [0.25, 0.3) is 0 Å². The topological polar surface area (TPSA) is 318 Å². The molecular weight excluding hydrogens is 881 g/mol. The van der Waals surface area contributed by atoms with E-state index in [1.54, 1.807) is 0 Å². The minimum atomic E-state index is -1.86. The van der Waals surface area contributed by atoms with Crippen molar-refractivity contribution in [2.24, 2.45) is 51.8 Å². The lowest BCUT2D eigenvalue weighted by atomic mass is 9.38. The van der Waals surface area contributed by atoms with Crippen LogP contribution in [0.3, 0.4) is 0 Å². The molecule has 4 saturated carbocycles. The standard InChI is InChI=1S/C48H82O19/c1-20(2)10-9-12-47(7,67-43-39(61)36(58)33(55)28(18-50)64-43)24-14-21(3)48(8)23-16-26(41-45(4,5)30(53)11-13-46(41,6)22(23)15-25(52)31(24)48)62-44-40(37(59)34(56)29(19-51)65-44)66-42-38(60)35(57)32(54)27(17-49)63-42/h10,21-44,49-61H,9,11-19H2,1-8H3/t21?,22?,23?,24?,25-,26+,27+,28+,29+,30?,31?,32+,33+,34+,35-,36-,37-,38+,39+,40+,41?,42-,43-,44+,46+,47-,48+/m0/s1. The average Bonchev–Trinajstić information content (AvgIpc) is 3.56. The van der Waals surface area contributed by atoms with E-state index in [4.69, 9.17) is 28.4 Å². The Labute approximate surface area is 393 Å². The number of hydrogen-bond donors (Lipinski definition) is 13. The zero-order valence-corrected chi connectivity index (χ0v) is 40.3. The lowest BCUT2D eigenvalue weighted by molar-refractivity contribution is -0.381. The maximum Gasteiger partial charge on any atom is 0.187 e. The molecule has 3 aliphatic heterocycles. The molecule has 0 aromatic carbocycles. The van der Waals surface area contributed by atoms with Crippen LogP contribution in [0.5, 0.6) is 0 Å². The molecular formula is C48H82O19. The van der Waals surface area contributed by atoms with Crippen LogP contribution in [0, 0.1) is 51.8 Å². The molecule has 7 aliphatic rings. The first-order chi connectivity index (χ1) is 31.3. The van der Waals surface area contributed by atoms with Gasteiger partial charge in [-0.25, -0.2) is 0 Å². The molecule has 0 radical (unpaired) electrons. The molecule has 13 N–H and O–H groups in total. The molecule has 7 rings (SSSR count). The minimum absolute atomic E-state index is 0.0296. The predicted molar refractivity (Wildman–Crippen MR) is 235 cm³/mol. The lowest BCUT2D eigenvalue weighted by Gasteiger charge is -2.68. The highest BCUT2D eigenvalue weighted by Crippen LogP contribution is 2.73. The fourth-order valence-corrected chi connectivity index (χ4v) is 14.7. The summed E-state index contributed by atoms with van der Waals surface area (Å²) in [6.45, 7) is 14.4. The second kappa shape index (κ2) is 20.1. The van der Waals surface area contributed by atoms with Gasteiger partial charge < -0.3 is 94.8 Å². The number of ether oxygens (including phenoxy) is 6. The lowest BCUT2D eigenvalue weighted by Crippen LogP contribution is -2.69. The van der Waals surface area contributed by atoms with Crippen molar-refractivity contribution in [3.63, 3.8) is 0 Å². The van der Waals surface area contributed by atoms with Crippen LogP contribution in [0.4, 0.5) is 0 Å². The van der Waals surface area contributed by atoms with Gasteiger partial charge in [-0.3, -0.25) is 0 Å². The van der Waals surface area contributed by atoms with E-state index in [1.807, 2.05) is 34.6 Å². The fourth-order valence-electron chi connectivity index (χ4n) is 14.7. The summed E-state index contributed by atoms with van der Waals surface area (Å²) in [6, 6.07) is 0. The molecule has 0 aromatic rings. The first kappa shape index (κ1) is 53.8. The van der Waals surface area contributed by atoms with Gasteiger partial charge in [-0.05, 0) is 117 Å². The Morgan fingerprint density at radius 1 is 0.657 bits per heavy atom. The van der Waals surface area contributed by atoms with E-state index in [-0.39, 0.29) is 35.5 Å². The van der Waals surface area contributed by atoms with Gasteiger partial charge in [-0.1, -0.05) is 46.3 Å². The summed E-state index contributed by atoms with van der Waals surface area (Å²) >= 11 is 0. The van der Waals surface area contributed by atoms with Gasteiger partial charge in [0.2, 0.25) is 0 Å². The van der Waals surface area contributed by atoms with Crippen LogP contribution < -0.4 is 0 Å². The maximum atomic E-state index is 12.7. The maximum absolute atomic E-state index is 12.7. The molecule has 0 bridgehead atoms. The Bertz CT molecular complexity index is 1700. The number of aliphatic hydroxyl groups excluding tert-OH is 13. The normalized spacial score (nSPS) is 52.9. The van der Waals surface area contributed by atoms with Crippen LogP contribution in [0.25, 0.3) is 0 Å².